The van der Waals surface area contributed by atoms with Gasteiger partial charge in [0.1, 0.15) is 18.2 Å². The molecule has 0 aromatic heterocycles. The molecule has 1 saturated heterocycles. The fourth-order valence-electron chi connectivity index (χ4n) is 4.65. The monoisotopic (exact) mass is 490 g/mol. The van der Waals surface area contributed by atoms with Gasteiger partial charge in [0.05, 0.1) is 18.0 Å². The molecule has 0 unspecified atom stereocenters. The van der Waals surface area contributed by atoms with Gasteiger partial charge < -0.3 is 15.0 Å². The summed E-state index contributed by atoms with van der Waals surface area (Å²) in [5, 5.41) is 22.4. The maximum Gasteiger partial charge on any atom is 0.210 e. The number of nitriles is 2. The zero-order valence-corrected chi connectivity index (χ0v) is 21.2. The second-order valence-electron chi connectivity index (χ2n) is 9.30. The van der Waals surface area contributed by atoms with Crippen LogP contribution in [0.1, 0.15) is 32.3 Å². The lowest BCUT2D eigenvalue weighted by Gasteiger charge is -2.37. The Balaban J connectivity index is 1.44. The lowest BCUT2D eigenvalue weighted by atomic mass is 9.70. The van der Waals surface area contributed by atoms with Crippen LogP contribution in [0, 0.1) is 34.5 Å². The summed E-state index contributed by atoms with van der Waals surface area (Å²) in [4.78, 5) is 8.45. The first-order chi connectivity index (χ1) is 17.5. The van der Waals surface area contributed by atoms with Gasteiger partial charge in [0.2, 0.25) is 12.2 Å². The topological polar surface area (TPSA) is 87.7 Å². The number of benzene rings is 2. The third-order valence-electron chi connectivity index (χ3n) is 6.81. The highest BCUT2D eigenvalue weighted by atomic mass is 19.1. The minimum atomic E-state index is -0.477. The van der Waals surface area contributed by atoms with Gasteiger partial charge in [-0.1, -0.05) is 44.2 Å². The molecule has 2 aromatic carbocycles. The molecule has 1 heterocycles. The van der Waals surface area contributed by atoms with Crippen LogP contribution in [0.15, 0.2) is 59.6 Å². The van der Waals surface area contributed by atoms with Crippen molar-refractivity contribution in [3.05, 3.63) is 66.0 Å². The van der Waals surface area contributed by atoms with E-state index in [4.69, 9.17) is 10.00 Å². The van der Waals surface area contributed by atoms with Crippen molar-refractivity contribution in [2.75, 3.05) is 45.9 Å². The van der Waals surface area contributed by atoms with Gasteiger partial charge in [-0.3, -0.25) is 4.90 Å². The predicted molar refractivity (Wildman–Crippen MR) is 139 cm³/mol. The minimum Gasteiger partial charge on any atom is -0.492 e. The Kier molecular flexibility index (Phi) is 10.1. The zero-order valence-electron chi connectivity index (χ0n) is 21.2. The van der Waals surface area contributed by atoms with Gasteiger partial charge in [-0.25, -0.2) is 4.39 Å². The Hall–Kier alpha value is -3.62. The maximum atomic E-state index is 13.0. The number of guanidine groups is 1. The Morgan fingerprint density at radius 2 is 1.78 bits per heavy atom. The smallest absolute Gasteiger partial charge is 0.210 e. The maximum absolute atomic E-state index is 13.0. The molecule has 2 aromatic rings. The van der Waals surface area contributed by atoms with Crippen LogP contribution in [-0.4, -0.2) is 61.6 Å². The second kappa shape index (κ2) is 13.5. The standard InChI is InChI=1S/C28H35FN6O/c1-23(2)28(21-30,24-7-4-3-5-8-24)13-6-15-34-16-18-35(19-17-34)27(33-22-31)32-14-20-36-26-11-9-25(29)10-12-26/h3-5,7-12,23H,6,13-20H2,1-2H3,(H,32,33)/t28-/m1/s1. The Morgan fingerprint density at radius 1 is 1.08 bits per heavy atom. The summed E-state index contributed by atoms with van der Waals surface area (Å²) in [5.41, 5.74) is 0.620. The molecule has 1 N–H and O–H groups in total. The van der Waals surface area contributed by atoms with E-state index >= 15 is 0 Å². The van der Waals surface area contributed by atoms with Crippen molar-refractivity contribution in [1.82, 2.24) is 15.1 Å². The van der Waals surface area contributed by atoms with Gasteiger partial charge >= 0.3 is 0 Å². The first-order valence-electron chi connectivity index (χ1n) is 12.5. The highest BCUT2D eigenvalue weighted by Gasteiger charge is 2.35. The molecule has 0 radical (unpaired) electrons. The molecule has 0 amide bonds. The summed E-state index contributed by atoms with van der Waals surface area (Å²) in [5.74, 6) is 1.07. The van der Waals surface area contributed by atoms with Crippen molar-refractivity contribution in [3.63, 3.8) is 0 Å². The van der Waals surface area contributed by atoms with Crippen LogP contribution in [0.25, 0.3) is 0 Å². The number of ether oxygens (including phenoxy) is 1. The van der Waals surface area contributed by atoms with Gasteiger partial charge in [-0.05, 0) is 55.1 Å². The highest BCUT2D eigenvalue weighted by Crippen LogP contribution is 2.36. The van der Waals surface area contributed by atoms with Crippen molar-refractivity contribution < 1.29 is 9.13 Å². The van der Waals surface area contributed by atoms with Crippen molar-refractivity contribution in [2.24, 2.45) is 10.9 Å². The number of piperazine rings is 1. The van der Waals surface area contributed by atoms with Gasteiger partial charge in [0.25, 0.3) is 0 Å². The van der Waals surface area contributed by atoms with E-state index in [0.29, 0.717) is 24.9 Å². The first kappa shape index (κ1) is 27.0. The molecule has 0 aliphatic carbocycles. The van der Waals surface area contributed by atoms with Gasteiger partial charge in [-0.2, -0.15) is 10.5 Å². The Labute approximate surface area is 213 Å². The number of hydrogen-bond donors (Lipinski definition) is 1. The summed E-state index contributed by atoms with van der Waals surface area (Å²) in [6.45, 7) is 9.29. The van der Waals surface area contributed by atoms with Gasteiger partial charge in [-0.15, -0.1) is 4.99 Å². The van der Waals surface area contributed by atoms with Gasteiger partial charge in [0, 0.05) is 26.2 Å². The van der Waals surface area contributed by atoms with E-state index in [-0.39, 0.29) is 11.7 Å². The Bertz CT molecular complexity index is 1050. The van der Waals surface area contributed by atoms with Crippen molar-refractivity contribution in [3.8, 4) is 18.0 Å². The van der Waals surface area contributed by atoms with E-state index in [1.165, 1.54) is 12.1 Å². The summed E-state index contributed by atoms with van der Waals surface area (Å²) < 4.78 is 18.6. The van der Waals surface area contributed by atoms with Crippen molar-refractivity contribution >= 4 is 5.96 Å². The Morgan fingerprint density at radius 3 is 2.39 bits per heavy atom. The second-order valence-corrected chi connectivity index (χ2v) is 9.30. The van der Waals surface area contributed by atoms with Crippen molar-refractivity contribution in [1.29, 1.82) is 10.5 Å². The summed E-state index contributed by atoms with van der Waals surface area (Å²) in [6.07, 6.45) is 3.65. The van der Waals surface area contributed by atoms with Crippen LogP contribution in [0.2, 0.25) is 0 Å². The van der Waals surface area contributed by atoms with Crippen LogP contribution < -0.4 is 10.1 Å². The molecule has 190 valence electrons. The third kappa shape index (κ3) is 7.19. The molecule has 36 heavy (non-hydrogen) atoms. The number of nitrogens with zero attached hydrogens (tertiary/aromatic N) is 5. The summed E-state index contributed by atoms with van der Waals surface area (Å²) >= 11 is 0. The normalized spacial score (nSPS) is 16.2. The lowest BCUT2D eigenvalue weighted by molar-refractivity contribution is 0.171. The van der Waals surface area contributed by atoms with Gasteiger partial charge in [0.15, 0.2) is 0 Å². The average molecular weight is 491 g/mol. The number of rotatable bonds is 10. The van der Waals surface area contributed by atoms with Crippen LogP contribution in [0.5, 0.6) is 5.75 Å². The molecule has 7 nitrogen and oxygen atoms in total. The van der Waals surface area contributed by atoms with E-state index < -0.39 is 5.41 Å². The van der Waals surface area contributed by atoms with E-state index in [2.05, 4.69) is 52.2 Å². The van der Waals surface area contributed by atoms with E-state index in [0.717, 1.165) is 51.1 Å². The molecule has 0 bridgehead atoms. The molecule has 0 spiro atoms. The van der Waals surface area contributed by atoms with E-state index in [1.807, 2.05) is 24.4 Å². The molecule has 3 rings (SSSR count). The average Bonchev–Trinajstić information content (AvgIpc) is 2.90. The van der Waals surface area contributed by atoms with Crippen LogP contribution in [0.4, 0.5) is 4.39 Å². The highest BCUT2D eigenvalue weighted by molar-refractivity contribution is 5.81. The summed E-state index contributed by atoms with van der Waals surface area (Å²) in [7, 11) is 0. The lowest BCUT2D eigenvalue weighted by Crippen LogP contribution is -2.53. The molecule has 1 fully saturated rings. The fraction of sp³-hybridized carbons (Fsp3) is 0.464. The van der Waals surface area contributed by atoms with Crippen LogP contribution >= 0.6 is 0 Å². The van der Waals surface area contributed by atoms with Crippen LogP contribution in [-0.2, 0) is 5.41 Å². The molecule has 0 saturated carbocycles. The molecular weight excluding hydrogens is 455 g/mol. The zero-order chi connectivity index (χ0) is 25.8. The van der Waals surface area contributed by atoms with Crippen LogP contribution in [0.3, 0.4) is 0 Å². The quantitative estimate of drug-likeness (QED) is 0.233. The largest absolute Gasteiger partial charge is 0.492 e. The minimum absolute atomic E-state index is 0.226. The third-order valence-corrected chi connectivity index (χ3v) is 6.81. The predicted octanol–water partition coefficient (Wildman–Crippen LogP) is 4.15. The SMILES string of the molecule is CC(C)[C@](C#N)(CCCN1CCN(/C(=N/C#N)NCCOc2ccc(F)cc2)CC1)c1ccccc1. The van der Waals surface area contributed by atoms with E-state index in [1.54, 1.807) is 12.1 Å². The first-order valence-corrected chi connectivity index (χ1v) is 12.5. The molecule has 1 atom stereocenters. The summed E-state index contributed by atoms with van der Waals surface area (Å²) in [6, 6.07) is 18.6. The fourth-order valence-corrected chi connectivity index (χ4v) is 4.65. The van der Waals surface area contributed by atoms with Crippen molar-refractivity contribution in [2.45, 2.75) is 32.1 Å². The van der Waals surface area contributed by atoms with E-state index in [9.17, 15) is 9.65 Å². The number of nitrogens with one attached hydrogen (secondary N) is 1. The number of hydrogen-bond acceptors (Lipinski definition) is 5. The molecular formula is C28H35FN6O. The molecule has 1 aliphatic rings. The number of halogens is 1. The number of aliphatic imine (C=N–C) groups is 1. The molecule has 1 aliphatic heterocycles. The molecule has 8 heteroatoms.